The van der Waals surface area contributed by atoms with Crippen LogP contribution < -0.4 is 21.3 Å². The van der Waals surface area contributed by atoms with Gasteiger partial charge in [0, 0.05) is 42.3 Å². The number of nitrogens with one attached hydrogen (secondary N) is 3. The van der Waals surface area contributed by atoms with Crippen molar-refractivity contribution in [2.75, 3.05) is 19.1 Å². The summed E-state index contributed by atoms with van der Waals surface area (Å²) in [7, 11) is 1.64. The molecule has 148 valence electrons. The summed E-state index contributed by atoms with van der Waals surface area (Å²) in [5, 5.41) is 4.37. The number of aromatic amines is 2. The van der Waals surface area contributed by atoms with E-state index in [0.29, 0.717) is 43.6 Å². The van der Waals surface area contributed by atoms with E-state index >= 15 is 0 Å². The third-order valence-electron chi connectivity index (χ3n) is 5.42. The van der Waals surface area contributed by atoms with Crippen LogP contribution in [0.25, 0.3) is 10.9 Å². The van der Waals surface area contributed by atoms with E-state index in [1.807, 2.05) is 24.4 Å². The maximum Gasteiger partial charge on any atom is 0.329 e. The van der Waals surface area contributed by atoms with Gasteiger partial charge < -0.3 is 15.0 Å². The second kappa shape index (κ2) is 7.20. The highest BCUT2D eigenvalue weighted by molar-refractivity contribution is 5.84. The van der Waals surface area contributed by atoms with Gasteiger partial charge in [-0.1, -0.05) is 0 Å². The summed E-state index contributed by atoms with van der Waals surface area (Å²) in [5.74, 6) is 1.43. The minimum Gasteiger partial charge on any atom is -0.497 e. The van der Waals surface area contributed by atoms with Crippen molar-refractivity contribution < 1.29 is 4.74 Å². The molecule has 0 aliphatic carbocycles. The van der Waals surface area contributed by atoms with Crippen LogP contribution in [0.4, 0.5) is 5.82 Å². The van der Waals surface area contributed by atoms with Crippen LogP contribution in [0.5, 0.6) is 5.75 Å². The number of aromatic nitrogens is 3. The number of nitrogens with zero attached hydrogens (tertiary/aromatic N) is 2. The predicted molar refractivity (Wildman–Crippen MR) is 109 cm³/mol. The standard InChI is InChI=1S/C20H25N5O3/c1-12(2)24-10-16-18(22-11-24)25(20(27)23-19(16)26)7-6-13-9-21-17-8-14(28-3)4-5-15(13)17/h4-5,8-9,12,21-22H,6-7,10-11H2,1-3H3,(H,23,26,27). The van der Waals surface area contributed by atoms with E-state index in [2.05, 4.69) is 34.0 Å². The lowest BCUT2D eigenvalue weighted by atomic mass is 10.1. The Morgan fingerprint density at radius 3 is 2.82 bits per heavy atom. The molecule has 0 bridgehead atoms. The maximum atomic E-state index is 12.5. The number of ether oxygens (including phenoxy) is 1. The second-order valence-corrected chi connectivity index (χ2v) is 7.39. The average Bonchev–Trinajstić information content (AvgIpc) is 3.09. The van der Waals surface area contributed by atoms with Gasteiger partial charge in [-0.15, -0.1) is 0 Å². The molecule has 0 atom stereocenters. The van der Waals surface area contributed by atoms with Gasteiger partial charge in [0.25, 0.3) is 5.56 Å². The Bertz CT molecular complexity index is 1130. The monoisotopic (exact) mass is 383 g/mol. The third kappa shape index (κ3) is 3.20. The molecule has 1 aliphatic rings. The second-order valence-electron chi connectivity index (χ2n) is 7.39. The maximum absolute atomic E-state index is 12.5. The van der Waals surface area contributed by atoms with E-state index in [-0.39, 0.29) is 11.2 Å². The van der Waals surface area contributed by atoms with Crippen molar-refractivity contribution in [3.63, 3.8) is 0 Å². The first-order valence-corrected chi connectivity index (χ1v) is 9.46. The van der Waals surface area contributed by atoms with Gasteiger partial charge in [0.15, 0.2) is 0 Å². The van der Waals surface area contributed by atoms with Gasteiger partial charge in [-0.05, 0) is 38.0 Å². The molecular formula is C20H25N5O3. The Morgan fingerprint density at radius 1 is 1.25 bits per heavy atom. The van der Waals surface area contributed by atoms with Crippen molar-refractivity contribution in [2.24, 2.45) is 0 Å². The summed E-state index contributed by atoms with van der Waals surface area (Å²) in [6, 6.07) is 6.21. The van der Waals surface area contributed by atoms with Crippen LogP contribution in [0.2, 0.25) is 0 Å². The Morgan fingerprint density at radius 2 is 2.07 bits per heavy atom. The zero-order valence-corrected chi connectivity index (χ0v) is 16.3. The van der Waals surface area contributed by atoms with Crippen LogP contribution in [0.15, 0.2) is 34.0 Å². The Kier molecular flexibility index (Phi) is 4.72. The summed E-state index contributed by atoms with van der Waals surface area (Å²) in [5.41, 5.74) is 2.03. The van der Waals surface area contributed by atoms with Crippen LogP contribution in [-0.4, -0.2) is 39.3 Å². The number of hydrogen-bond donors (Lipinski definition) is 3. The number of hydrogen-bond acceptors (Lipinski definition) is 5. The first kappa shape index (κ1) is 18.4. The number of H-pyrrole nitrogens is 2. The Hall–Kier alpha value is -3.00. The summed E-state index contributed by atoms with van der Waals surface area (Å²) in [6.45, 7) is 5.79. The fraction of sp³-hybridized carbons (Fsp3) is 0.400. The summed E-state index contributed by atoms with van der Waals surface area (Å²) >= 11 is 0. The number of fused-ring (bicyclic) bond motifs is 2. The van der Waals surface area contributed by atoms with Gasteiger partial charge in [0.2, 0.25) is 0 Å². The van der Waals surface area contributed by atoms with Crippen molar-refractivity contribution in [2.45, 2.75) is 39.4 Å². The molecule has 1 aromatic carbocycles. The molecule has 2 aromatic heterocycles. The molecule has 0 unspecified atom stereocenters. The highest BCUT2D eigenvalue weighted by atomic mass is 16.5. The number of anilines is 1. The number of rotatable bonds is 5. The summed E-state index contributed by atoms with van der Waals surface area (Å²) in [4.78, 5) is 32.7. The first-order valence-electron chi connectivity index (χ1n) is 9.46. The van der Waals surface area contributed by atoms with Crippen molar-refractivity contribution in [1.29, 1.82) is 0 Å². The van der Waals surface area contributed by atoms with Crippen molar-refractivity contribution >= 4 is 16.7 Å². The molecule has 8 nitrogen and oxygen atoms in total. The molecule has 28 heavy (non-hydrogen) atoms. The minimum absolute atomic E-state index is 0.309. The van der Waals surface area contributed by atoms with Crippen molar-refractivity contribution in [1.82, 2.24) is 19.4 Å². The van der Waals surface area contributed by atoms with Gasteiger partial charge in [-0.25, -0.2) is 4.79 Å². The molecule has 0 radical (unpaired) electrons. The molecule has 0 spiro atoms. The minimum atomic E-state index is -0.379. The average molecular weight is 383 g/mol. The molecular weight excluding hydrogens is 358 g/mol. The normalized spacial score (nSPS) is 14.3. The lowest BCUT2D eigenvalue weighted by molar-refractivity contribution is 0.218. The van der Waals surface area contributed by atoms with E-state index in [9.17, 15) is 9.59 Å². The van der Waals surface area contributed by atoms with E-state index in [1.165, 1.54) is 0 Å². The number of aryl methyl sites for hydroxylation is 1. The predicted octanol–water partition coefficient (Wildman–Crippen LogP) is 1.86. The molecule has 3 N–H and O–H groups in total. The topological polar surface area (TPSA) is 95.2 Å². The number of benzene rings is 1. The van der Waals surface area contributed by atoms with Gasteiger partial charge in [-0.2, -0.15) is 0 Å². The molecule has 0 fully saturated rings. The lowest BCUT2D eigenvalue weighted by Gasteiger charge is -2.33. The molecule has 1 aliphatic heterocycles. The Labute approximate surface area is 162 Å². The fourth-order valence-corrected chi connectivity index (χ4v) is 3.71. The van der Waals surface area contributed by atoms with E-state index in [1.54, 1.807) is 11.7 Å². The highest BCUT2D eigenvalue weighted by Crippen LogP contribution is 2.24. The van der Waals surface area contributed by atoms with Crippen LogP contribution in [0, 0.1) is 0 Å². The van der Waals surface area contributed by atoms with E-state index in [4.69, 9.17) is 4.74 Å². The smallest absolute Gasteiger partial charge is 0.329 e. The fourth-order valence-electron chi connectivity index (χ4n) is 3.71. The van der Waals surface area contributed by atoms with Gasteiger partial charge >= 0.3 is 5.69 Å². The van der Waals surface area contributed by atoms with Crippen LogP contribution in [-0.2, 0) is 19.5 Å². The Balaban J connectivity index is 1.63. The lowest BCUT2D eigenvalue weighted by Crippen LogP contribution is -2.45. The van der Waals surface area contributed by atoms with E-state index < -0.39 is 0 Å². The van der Waals surface area contributed by atoms with Crippen LogP contribution >= 0.6 is 0 Å². The van der Waals surface area contributed by atoms with Crippen LogP contribution in [0.1, 0.15) is 25.0 Å². The number of methoxy groups -OCH3 is 1. The molecule has 0 amide bonds. The zero-order chi connectivity index (χ0) is 19.8. The quantitative estimate of drug-likeness (QED) is 0.625. The van der Waals surface area contributed by atoms with Crippen LogP contribution in [0.3, 0.4) is 0 Å². The molecule has 3 aromatic rings. The highest BCUT2D eigenvalue weighted by Gasteiger charge is 2.24. The molecule has 3 heterocycles. The molecule has 8 heteroatoms. The SMILES string of the molecule is COc1ccc2c(CCn3c4c(c(=O)[nH]c3=O)CN(C(C)C)CN4)c[nH]c2c1. The largest absolute Gasteiger partial charge is 0.497 e. The molecule has 4 rings (SSSR count). The van der Waals surface area contributed by atoms with Gasteiger partial charge in [0.05, 0.1) is 19.3 Å². The van der Waals surface area contributed by atoms with E-state index in [0.717, 1.165) is 22.2 Å². The van der Waals surface area contributed by atoms with Gasteiger partial charge in [-0.3, -0.25) is 19.2 Å². The molecule has 0 saturated heterocycles. The summed E-state index contributed by atoms with van der Waals surface area (Å²) < 4.78 is 6.90. The first-order chi connectivity index (χ1) is 13.5. The van der Waals surface area contributed by atoms with Crippen molar-refractivity contribution in [3.8, 4) is 5.75 Å². The summed E-state index contributed by atoms with van der Waals surface area (Å²) in [6.07, 6.45) is 2.63. The van der Waals surface area contributed by atoms with Crippen molar-refractivity contribution in [3.05, 3.63) is 56.4 Å². The van der Waals surface area contributed by atoms with Gasteiger partial charge in [0.1, 0.15) is 11.6 Å². The molecule has 0 saturated carbocycles. The zero-order valence-electron chi connectivity index (χ0n) is 16.3. The third-order valence-corrected chi connectivity index (χ3v) is 5.42.